The molecule has 0 aromatic carbocycles. The van der Waals surface area contributed by atoms with Crippen LogP contribution in [0.25, 0.3) is 0 Å². The maximum Gasteiger partial charge on any atom is 0.225 e. The molecule has 0 N–H and O–H groups in total. The number of anilines is 1. The van der Waals surface area contributed by atoms with Gasteiger partial charge in [-0.1, -0.05) is 45.2 Å². The van der Waals surface area contributed by atoms with Gasteiger partial charge in [-0.05, 0) is 5.57 Å². The van der Waals surface area contributed by atoms with Gasteiger partial charge >= 0.3 is 0 Å². The van der Waals surface area contributed by atoms with Crippen molar-refractivity contribution in [1.29, 1.82) is 5.26 Å². The summed E-state index contributed by atoms with van der Waals surface area (Å²) >= 11 is 0. The molecule has 2 heterocycles. The Balaban J connectivity index is 0.00000139. The summed E-state index contributed by atoms with van der Waals surface area (Å²) < 4.78 is 5.56. The van der Waals surface area contributed by atoms with Gasteiger partial charge in [-0.25, -0.2) is 9.97 Å². The van der Waals surface area contributed by atoms with E-state index in [-0.39, 0.29) is 0 Å². The minimum atomic E-state index is 0.383. The minimum Gasteiger partial charge on any atom is -0.486 e. The average molecular weight is 327 g/mol. The summed E-state index contributed by atoms with van der Waals surface area (Å²) in [6.07, 6.45) is 10.8. The Labute approximate surface area is 144 Å². The van der Waals surface area contributed by atoms with Crippen molar-refractivity contribution in [2.45, 2.75) is 13.8 Å². The molecule has 0 atom stereocenters. The zero-order chi connectivity index (χ0) is 17.8. The predicted octanol–water partition coefficient (Wildman–Crippen LogP) is 2.78. The summed E-state index contributed by atoms with van der Waals surface area (Å²) in [7, 11) is 0. The number of aromatic nitrogens is 2. The van der Waals surface area contributed by atoms with E-state index in [1.54, 1.807) is 23.4 Å². The molecule has 1 aliphatic heterocycles. The van der Waals surface area contributed by atoms with E-state index in [1.807, 2.05) is 26.0 Å². The van der Waals surface area contributed by atoms with Crippen molar-refractivity contribution in [3.63, 3.8) is 0 Å². The van der Waals surface area contributed by atoms with Crippen molar-refractivity contribution in [1.82, 2.24) is 14.9 Å². The first-order chi connectivity index (χ1) is 11.7. The Morgan fingerprint density at radius 2 is 1.92 bits per heavy atom. The van der Waals surface area contributed by atoms with Gasteiger partial charge in [-0.15, -0.1) is 0 Å². The van der Waals surface area contributed by atoms with Crippen LogP contribution in [0.4, 0.5) is 5.95 Å². The van der Waals surface area contributed by atoms with E-state index in [2.05, 4.69) is 34.2 Å². The molecule has 0 radical (unpaired) electrons. The first kappa shape index (κ1) is 19.2. The second kappa shape index (κ2) is 10.8. The average Bonchev–Trinajstić information content (AvgIpc) is 2.67. The van der Waals surface area contributed by atoms with Crippen LogP contribution in [-0.4, -0.2) is 47.7 Å². The molecule has 1 saturated heterocycles. The van der Waals surface area contributed by atoms with Crippen LogP contribution in [0.5, 0.6) is 5.75 Å². The molecule has 1 aliphatic rings. The number of nitrogens with zero attached hydrogens (tertiary/aromatic N) is 5. The lowest BCUT2D eigenvalue weighted by Gasteiger charge is -2.31. The highest BCUT2D eigenvalue weighted by Gasteiger charge is 2.17. The first-order valence-corrected chi connectivity index (χ1v) is 8.04. The third kappa shape index (κ3) is 6.13. The number of rotatable bonds is 6. The Morgan fingerprint density at radius 1 is 1.29 bits per heavy atom. The maximum atomic E-state index is 8.83. The lowest BCUT2D eigenvalue weighted by Crippen LogP contribution is -2.44. The van der Waals surface area contributed by atoms with E-state index in [0.29, 0.717) is 31.4 Å². The molecular weight excluding hydrogens is 302 g/mol. The van der Waals surface area contributed by atoms with Gasteiger partial charge in [0.15, 0.2) is 11.9 Å². The second-order valence-corrected chi connectivity index (χ2v) is 4.83. The third-order valence-electron chi connectivity index (χ3n) is 3.21. The van der Waals surface area contributed by atoms with Gasteiger partial charge in [0.05, 0.1) is 12.4 Å². The molecule has 1 aromatic rings. The Hall–Kier alpha value is -2.81. The van der Waals surface area contributed by atoms with E-state index in [4.69, 9.17) is 10.00 Å². The normalized spacial score (nSPS) is 13.7. The molecule has 1 aromatic heterocycles. The highest BCUT2D eigenvalue weighted by atomic mass is 16.5. The fourth-order valence-corrected chi connectivity index (χ4v) is 1.98. The summed E-state index contributed by atoms with van der Waals surface area (Å²) in [6, 6.07) is 0. The van der Waals surface area contributed by atoms with E-state index in [9.17, 15) is 0 Å². The van der Waals surface area contributed by atoms with Gasteiger partial charge in [0.1, 0.15) is 6.61 Å². The number of allylic oxidation sites excluding steroid dienone is 2. The lowest BCUT2D eigenvalue weighted by molar-refractivity contribution is 0.350. The van der Waals surface area contributed by atoms with Crippen LogP contribution in [0.3, 0.4) is 0 Å². The van der Waals surface area contributed by atoms with Crippen molar-refractivity contribution >= 4 is 5.95 Å². The number of hydrogen-bond acceptors (Lipinski definition) is 6. The SMILES string of the molecule is C=C/C=C\C(=C)COc1cnc(N2CCN(C#N)CC2)nc1.CC. The zero-order valence-electron chi connectivity index (χ0n) is 14.5. The molecule has 0 bridgehead atoms. The standard InChI is InChI=1S/C16H19N5O.C2H6/c1-3-4-5-14(2)12-22-15-10-18-16(19-11-15)21-8-6-20(13-17)7-9-21;1-2/h3-5,10-11H,1-2,6-9,12H2;1-2H3/b5-4-;. The van der Waals surface area contributed by atoms with Crippen LogP contribution in [0.1, 0.15) is 13.8 Å². The molecule has 0 amide bonds. The number of hydrogen-bond donors (Lipinski definition) is 0. The van der Waals surface area contributed by atoms with Crippen molar-refractivity contribution in [3.05, 3.63) is 49.4 Å². The van der Waals surface area contributed by atoms with Crippen LogP contribution in [0.2, 0.25) is 0 Å². The minimum absolute atomic E-state index is 0.383. The third-order valence-corrected chi connectivity index (χ3v) is 3.21. The predicted molar refractivity (Wildman–Crippen MR) is 96.8 cm³/mol. The number of ether oxygens (including phenoxy) is 1. The van der Waals surface area contributed by atoms with E-state index in [0.717, 1.165) is 18.7 Å². The van der Waals surface area contributed by atoms with E-state index in [1.165, 1.54) is 0 Å². The van der Waals surface area contributed by atoms with Gasteiger partial charge < -0.3 is 14.5 Å². The molecule has 0 spiro atoms. The topological polar surface area (TPSA) is 65.3 Å². The number of nitriles is 1. The summed E-state index contributed by atoms with van der Waals surface area (Å²) in [4.78, 5) is 12.4. The zero-order valence-corrected chi connectivity index (χ0v) is 14.5. The Morgan fingerprint density at radius 3 is 2.46 bits per heavy atom. The highest BCUT2D eigenvalue weighted by Crippen LogP contribution is 2.14. The lowest BCUT2D eigenvalue weighted by atomic mass is 10.3. The maximum absolute atomic E-state index is 8.83. The summed E-state index contributed by atoms with van der Waals surface area (Å²) in [5.41, 5.74) is 0.844. The van der Waals surface area contributed by atoms with Gasteiger partial charge in [-0.2, -0.15) is 5.26 Å². The molecular formula is C18H25N5O. The summed E-state index contributed by atoms with van der Waals surface area (Å²) in [5, 5.41) is 8.83. The van der Waals surface area contributed by atoms with Crippen LogP contribution < -0.4 is 9.64 Å². The molecule has 0 aliphatic carbocycles. The van der Waals surface area contributed by atoms with Crippen molar-refractivity contribution < 1.29 is 4.74 Å². The smallest absolute Gasteiger partial charge is 0.225 e. The fourth-order valence-electron chi connectivity index (χ4n) is 1.98. The monoisotopic (exact) mass is 327 g/mol. The fraction of sp³-hybridized carbons (Fsp3) is 0.389. The molecule has 2 rings (SSSR count). The van der Waals surface area contributed by atoms with Gasteiger partial charge in [0.2, 0.25) is 5.95 Å². The van der Waals surface area contributed by atoms with Crippen LogP contribution in [-0.2, 0) is 0 Å². The largest absolute Gasteiger partial charge is 0.486 e. The molecule has 24 heavy (non-hydrogen) atoms. The van der Waals surface area contributed by atoms with Crippen LogP contribution in [0, 0.1) is 11.5 Å². The van der Waals surface area contributed by atoms with Gasteiger partial charge in [-0.3, -0.25) is 0 Å². The molecule has 128 valence electrons. The number of piperazine rings is 1. The second-order valence-electron chi connectivity index (χ2n) is 4.83. The highest BCUT2D eigenvalue weighted by molar-refractivity contribution is 5.32. The summed E-state index contributed by atoms with van der Waals surface area (Å²) in [6.45, 7) is 14.8. The van der Waals surface area contributed by atoms with Gasteiger partial charge in [0, 0.05) is 26.2 Å². The first-order valence-electron chi connectivity index (χ1n) is 8.04. The van der Waals surface area contributed by atoms with Crippen LogP contribution in [0.15, 0.2) is 49.4 Å². The molecule has 6 nitrogen and oxygen atoms in total. The van der Waals surface area contributed by atoms with E-state index >= 15 is 0 Å². The van der Waals surface area contributed by atoms with Gasteiger partial charge in [0.25, 0.3) is 0 Å². The van der Waals surface area contributed by atoms with Crippen LogP contribution >= 0.6 is 0 Å². The van der Waals surface area contributed by atoms with Crippen molar-refractivity contribution in [2.24, 2.45) is 0 Å². The Bertz CT molecular complexity index is 580. The van der Waals surface area contributed by atoms with Crippen molar-refractivity contribution in [2.75, 3.05) is 37.7 Å². The molecule has 0 saturated carbocycles. The van der Waals surface area contributed by atoms with E-state index < -0.39 is 0 Å². The molecule has 1 fully saturated rings. The van der Waals surface area contributed by atoms with Crippen molar-refractivity contribution in [3.8, 4) is 11.9 Å². The quantitative estimate of drug-likeness (QED) is 0.591. The molecule has 0 unspecified atom stereocenters. The summed E-state index contributed by atoms with van der Waals surface area (Å²) in [5.74, 6) is 1.27. The Kier molecular flexibility index (Phi) is 8.69. The molecule has 6 heteroatoms.